The molecule has 0 fully saturated rings. The van der Waals surface area contributed by atoms with Gasteiger partial charge in [-0.2, -0.15) is 5.10 Å². The van der Waals surface area contributed by atoms with Crippen LogP contribution in [0.5, 0.6) is 0 Å². The predicted molar refractivity (Wildman–Crippen MR) is 65.8 cm³/mol. The molecule has 18 heavy (non-hydrogen) atoms. The molecular weight excluding hydrogens is 254 g/mol. The maximum Gasteiger partial charge on any atom is 0.358 e. The zero-order valence-electron chi connectivity index (χ0n) is 9.15. The smallest absolute Gasteiger partial charge is 0.358 e. The molecule has 0 amide bonds. The van der Waals surface area contributed by atoms with Gasteiger partial charge in [0.2, 0.25) is 0 Å². The van der Waals surface area contributed by atoms with Gasteiger partial charge in [-0.05, 0) is 0 Å². The molecule has 0 atom stereocenters. The summed E-state index contributed by atoms with van der Waals surface area (Å²) >= 11 is 1.54. The van der Waals surface area contributed by atoms with Gasteiger partial charge in [0.25, 0.3) is 0 Å². The normalized spacial score (nSPS) is 11.1. The third kappa shape index (κ3) is 1.72. The molecule has 0 saturated carbocycles. The minimum absolute atomic E-state index is 0.129. The molecule has 3 heterocycles. The second-order valence-corrected chi connectivity index (χ2v) is 4.63. The summed E-state index contributed by atoms with van der Waals surface area (Å²) in [6.45, 7) is 0.395. The van der Waals surface area contributed by atoms with E-state index in [0.29, 0.717) is 6.54 Å². The van der Waals surface area contributed by atoms with E-state index in [1.807, 2.05) is 22.2 Å². The lowest BCUT2D eigenvalue weighted by molar-refractivity contribution is 0.0690. The third-order valence-corrected chi connectivity index (χ3v) is 3.23. The largest absolute Gasteiger partial charge is 0.476 e. The van der Waals surface area contributed by atoms with Crippen molar-refractivity contribution in [2.75, 3.05) is 5.73 Å². The van der Waals surface area contributed by atoms with Crippen LogP contribution < -0.4 is 5.73 Å². The summed E-state index contributed by atoms with van der Waals surface area (Å²) in [6, 6.07) is 0. The van der Waals surface area contributed by atoms with Gasteiger partial charge >= 0.3 is 5.97 Å². The van der Waals surface area contributed by atoms with Crippen LogP contribution in [0.4, 0.5) is 5.69 Å². The van der Waals surface area contributed by atoms with Gasteiger partial charge in [0.05, 0.1) is 17.9 Å². The van der Waals surface area contributed by atoms with Crippen LogP contribution in [0.25, 0.3) is 4.96 Å². The molecule has 7 nitrogen and oxygen atoms in total. The SMILES string of the molecule is Nc1cn(Cc2cn3ccsc3n2)nc1C(=O)O. The Morgan fingerprint density at radius 1 is 1.50 bits per heavy atom. The molecule has 0 aliphatic carbocycles. The van der Waals surface area contributed by atoms with Crippen molar-refractivity contribution in [1.82, 2.24) is 19.2 Å². The average Bonchev–Trinajstić information content (AvgIpc) is 2.92. The minimum atomic E-state index is -1.13. The van der Waals surface area contributed by atoms with E-state index in [4.69, 9.17) is 10.8 Å². The van der Waals surface area contributed by atoms with E-state index in [2.05, 4.69) is 10.1 Å². The van der Waals surface area contributed by atoms with E-state index in [1.54, 1.807) is 0 Å². The van der Waals surface area contributed by atoms with Crippen LogP contribution in [0.2, 0.25) is 0 Å². The Hall–Kier alpha value is -2.35. The first-order chi connectivity index (χ1) is 8.63. The zero-order chi connectivity index (χ0) is 12.7. The van der Waals surface area contributed by atoms with E-state index >= 15 is 0 Å². The molecule has 0 unspecified atom stereocenters. The summed E-state index contributed by atoms with van der Waals surface area (Å²) in [5, 5.41) is 14.7. The average molecular weight is 263 g/mol. The molecule has 0 bridgehead atoms. The van der Waals surface area contributed by atoms with Crippen LogP contribution in [0.1, 0.15) is 16.2 Å². The van der Waals surface area contributed by atoms with E-state index in [0.717, 1.165) is 10.7 Å². The van der Waals surface area contributed by atoms with Crippen LogP contribution in [-0.2, 0) is 6.54 Å². The van der Waals surface area contributed by atoms with Gasteiger partial charge in [0, 0.05) is 24.0 Å². The molecule has 0 spiro atoms. The van der Waals surface area contributed by atoms with E-state index in [1.165, 1.54) is 22.2 Å². The van der Waals surface area contributed by atoms with Gasteiger partial charge in [-0.1, -0.05) is 0 Å². The van der Waals surface area contributed by atoms with Gasteiger partial charge in [-0.15, -0.1) is 11.3 Å². The highest BCUT2D eigenvalue weighted by Gasteiger charge is 2.14. The van der Waals surface area contributed by atoms with Crippen molar-refractivity contribution >= 4 is 28.0 Å². The van der Waals surface area contributed by atoms with Gasteiger partial charge in [0.1, 0.15) is 0 Å². The predicted octanol–water partition coefficient (Wildman–Crippen LogP) is 0.921. The summed E-state index contributed by atoms with van der Waals surface area (Å²) in [5.41, 5.74) is 6.40. The summed E-state index contributed by atoms with van der Waals surface area (Å²) in [5.74, 6) is -1.13. The van der Waals surface area contributed by atoms with E-state index < -0.39 is 5.97 Å². The Morgan fingerprint density at radius 2 is 2.33 bits per heavy atom. The molecule has 3 aromatic rings. The van der Waals surface area contributed by atoms with Crippen LogP contribution in [0.15, 0.2) is 24.0 Å². The molecule has 3 aromatic heterocycles. The molecule has 0 aliphatic rings. The van der Waals surface area contributed by atoms with Crippen molar-refractivity contribution in [2.24, 2.45) is 0 Å². The first-order valence-corrected chi connectivity index (χ1v) is 5.99. The standard InChI is InChI=1S/C10H9N5O2S/c11-7-5-15(13-8(7)9(16)17)4-6-3-14-1-2-18-10(14)12-6/h1-3,5H,4,11H2,(H,16,17). The summed E-state index contributed by atoms with van der Waals surface area (Å²) in [4.78, 5) is 16.1. The summed E-state index contributed by atoms with van der Waals surface area (Å²) < 4.78 is 3.39. The Morgan fingerprint density at radius 3 is 3.00 bits per heavy atom. The molecular formula is C10H9N5O2S. The van der Waals surface area contributed by atoms with Crippen molar-refractivity contribution in [3.63, 3.8) is 0 Å². The minimum Gasteiger partial charge on any atom is -0.476 e. The zero-order valence-corrected chi connectivity index (χ0v) is 9.96. The molecule has 3 rings (SSSR count). The number of nitrogens with zero attached hydrogens (tertiary/aromatic N) is 4. The van der Waals surface area contributed by atoms with Crippen molar-refractivity contribution < 1.29 is 9.90 Å². The Kier molecular flexibility index (Phi) is 2.30. The lowest BCUT2D eigenvalue weighted by Crippen LogP contribution is -2.04. The van der Waals surface area contributed by atoms with Crippen LogP contribution in [-0.4, -0.2) is 30.2 Å². The van der Waals surface area contributed by atoms with Gasteiger partial charge < -0.3 is 10.8 Å². The monoisotopic (exact) mass is 263 g/mol. The number of thiazole rings is 1. The van der Waals surface area contributed by atoms with Gasteiger partial charge in [-0.3, -0.25) is 9.08 Å². The lowest BCUT2D eigenvalue weighted by Gasteiger charge is -1.95. The highest BCUT2D eigenvalue weighted by molar-refractivity contribution is 7.15. The fraction of sp³-hybridized carbons (Fsp3) is 0.100. The Balaban J connectivity index is 1.90. The number of hydrogen-bond acceptors (Lipinski definition) is 5. The Labute approximate surface area is 105 Å². The number of carbonyl (C=O) groups is 1. The summed E-state index contributed by atoms with van der Waals surface area (Å²) in [6.07, 6.45) is 5.29. The maximum absolute atomic E-state index is 10.8. The molecule has 0 aliphatic heterocycles. The fourth-order valence-electron chi connectivity index (χ4n) is 1.70. The molecule has 8 heteroatoms. The first kappa shape index (κ1) is 10.8. The van der Waals surface area contributed by atoms with E-state index in [-0.39, 0.29) is 11.4 Å². The lowest BCUT2D eigenvalue weighted by atomic mass is 10.4. The molecule has 3 N–H and O–H groups in total. The van der Waals surface area contributed by atoms with Crippen molar-refractivity contribution in [3.05, 3.63) is 35.4 Å². The van der Waals surface area contributed by atoms with Crippen molar-refractivity contribution in [2.45, 2.75) is 6.54 Å². The second-order valence-electron chi connectivity index (χ2n) is 3.76. The number of imidazole rings is 1. The third-order valence-electron chi connectivity index (χ3n) is 2.46. The quantitative estimate of drug-likeness (QED) is 0.732. The van der Waals surface area contributed by atoms with Gasteiger partial charge in [0.15, 0.2) is 10.7 Å². The number of carboxylic acids is 1. The number of hydrogen-bond donors (Lipinski definition) is 2. The number of anilines is 1. The van der Waals surface area contributed by atoms with Crippen LogP contribution >= 0.6 is 11.3 Å². The number of nitrogens with two attached hydrogens (primary N) is 1. The number of aromatic nitrogens is 4. The molecule has 92 valence electrons. The van der Waals surface area contributed by atoms with Crippen LogP contribution in [0.3, 0.4) is 0 Å². The highest BCUT2D eigenvalue weighted by Crippen LogP contribution is 2.14. The molecule has 0 radical (unpaired) electrons. The topological polar surface area (TPSA) is 98.4 Å². The molecule has 0 aromatic carbocycles. The second kappa shape index (κ2) is 3.84. The van der Waals surface area contributed by atoms with Crippen molar-refractivity contribution in [3.8, 4) is 0 Å². The number of nitrogen functional groups attached to an aromatic ring is 1. The van der Waals surface area contributed by atoms with Crippen molar-refractivity contribution in [1.29, 1.82) is 0 Å². The Bertz CT molecular complexity index is 697. The van der Waals surface area contributed by atoms with Crippen LogP contribution in [0, 0.1) is 0 Å². The number of carboxylic acid groups (broad SMARTS) is 1. The first-order valence-electron chi connectivity index (χ1n) is 5.11. The fourth-order valence-corrected chi connectivity index (χ4v) is 2.42. The summed E-state index contributed by atoms with van der Waals surface area (Å²) in [7, 11) is 0. The maximum atomic E-state index is 10.8. The number of fused-ring (bicyclic) bond motifs is 1. The van der Waals surface area contributed by atoms with E-state index in [9.17, 15) is 4.79 Å². The number of aromatic carboxylic acids is 1. The number of rotatable bonds is 3. The van der Waals surface area contributed by atoms with Gasteiger partial charge in [-0.25, -0.2) is 9.78 Å². The molecule has 0 saturated heterocycles. The highest BCUT2D eigenvalue weighted by atomic mass is 32.1.